The number of hydrogen-bond acceptors (Lipinski definition) is 4. The van der Waals surface area contributed by atoms with Gasteiger partial charge in [0.2, 0.25) is 0 Å². The summed E-state index contributed by atoms with van der Waals surface area (Å²) in [6, 6.07) is 9.48. The van der Waals surface area contributed by atoms with E-state index in [9.17, 15) is 4.79 Å². The van der Waals surface area contributed by atoms with Crippen molar-refractivity contribution in [1.29, 1.82) is 0 Å². The Bertz CT molecular complexity index is 1000. The van der Waals surface area contributed by atoms with E-state index in [-0.39, 0.29) is 5.91 Å². The van der Waals surface area contributed by atoms with Crippen LogP contribution in [0, 0.1) is 13.8 Å². The fourth-order valence-electron chi connectivity index (χ4n) is 2.72. The summed E-state index contributed by atoms with van der Waals surface area (Å²) in [4.78, 5) is 21.9. The molecule has 4 nitrogen and oxygen atoms in total. The number of fused-ring (bicyclic) bond motifs is 1. The summed E-state index contributed by atoms with van der Waals surface area (Å²) < 4.78 is 1.90. The molecule has 0 saturated heterocycles. The number of rotatable bonds is 5. The first kappa shape index (κ1) is 20.3. The lowest BCUT2D eigenvalue weighted by Gasteiger charge is -2.22. The third-order valence-electron chi connectivity index (χ3n) is 4.48. The minimum Gasteiger partial charge on any atom is -0.308 e. The zero-order valence-corrected chi connectivity index (χ0v) is 18.9. The van der Waals surface area contributed by atoms with Crippen LogP contribution in [0.25, 0.3) is 10.2 Å². The Morgan fingerprint density at radius 2 is 1.93 bits per heavy atom. The van der Waals surface area contributed by atoms with Crippen LogP contribution in [-0.4, -0.2) is 43.0 Å². The highest BCUT2D eigenvalue weighted by Crippen LogP contribution is 2.33. The lowest BCUT2D eigenvalue weighted by atomic mass is 10.1. The van der Waals surface area contributed by atoms with Gasteiger partial charge >= 0.3 is 0 Å². The van der Waals surface area contributed by atoms with Crippen LogP contribution in [0.5, 0.6) is 0 Å². The van der Waals surface area contributed by atoms with Gasteiger partial charge in [0.1, 0.15) is 0 Å². The van der Waals surface area contributed by atoms with Gasteiger partial charge in [0.25, 0.3) is 5.91 Å². The predicted octanol–water partition coefficient (Wildman–Crippen LogP) is 5.54. The number of carbonyl (C=O) groups excluding carboxylic acids is 1. The van der Waals surface area contributed by atoms with Crippen LogP contribution in [0.15, 0.2) is 34.8 Å². The number of amides is 1. The molecule has 27 heavy (non-hydrogen) atoms. The molecule has 0 radical (unpaired) electrons. The number of likely N-dealkylation sites (N-methyl/N-ethyl adjacent to an activating group) is 1. The maximum absolute atomic E-state index is 13.3. The Balaban J connectivity index is 2.07. The summed E-state index contributed by atoms with van der Waals surface area (Å²) in [5.74, 6) is -0.142. The monoisotopic (exact) mass is 465 g/mol. The van der Waals surface area contributed by atoms with Gasteiger partial charge in [0, 0.05) is 17.6 Å². The maximum atomic E-state index is 13.3. The normalized spacial score (nSPS) is 11.4. The van der Waals surface area contributed by atoms with Crippen LogP contribution < -0.4 is 4.90 Å². The Kier molecular flexibility index (Phi) is 6.21. The van der Waals surface area contributed by atoms with Crippen molar-refractivity contribution < 1.29 is 4.79 Å². The van der Waals surface area contributed by atoms with Gasteiger partial charge in [-0.15, -0.1) is 0 Å². The van der Waals surface area contributed by atoms with E-state index in [1.807, 2.05) is 25.1 Å². The largest absolute Gasteiger partial charge is 0.308 e. The van der Waals surface area contributed by atoms with Crippen molar-refractivity contribution in [3.63, 3.8) is 0 Å². The lowest BCUT2D eigenvalue weighted by molar-refractivity contribution is 0.0985. The molecule has 0 fully saturated rings. The molecule has 1 amide bonds. The van der Waals surface area contributed by atoms with E-state index in [0.29, 0.717) is 22.3 Å². The molecule has 0 N–H and O–H groups in total. The molecule has 0 aliphatic rings. The molecule has 1 aromatic heterocycles. The topological polar surface area (TPSA) is 36.4 Å². The second-order valence-electron chi connectivity index (χ2n) is 6.73. The number of nitrogens with zero attached hydrogens (tertiary/aromatic N) is 3. The summed E-state index contributed by atoms with van der Waals surface area (Å²) in [6.07, 6.45) is 0. The van der Waals surface area contributed by atoms with Gasteiger partial charge in [-0.25, -0.2) is 4.98 Å². The van der Waals surface area contributed by atoms with Gasteiger partial charge < -0.3 is 4.90 Å². The van der Waals surface area contributed by atoms with Crippen molar-refractivity contribution in [2.45, 2.75) is 13.8 Å². The SMILES string of the molecule is Cc1ccc2sc(N(CCN(C)C)C(=O)c3cc(Br)ccc3Cl)nc2c1C. The fourth-order valence-corrected chi connectivity index (χ4v) is 4.33. The second-order valence-corrected chi connectivity index (χ2v) is 9.07. The van der Waals surface area contributed by atoms with E-state index in [2.05, 4.69) is 41.9 Å². The Morgan fingerprint density at radius 1 is 1.19 bits per heavy atom. The zero-order valence-electron chi connectivity index (χ0n) is 15.7. The average molecular weight is 467 g/mol. The number of aromatic nitrogens is 1. The van der Waals surface area contributed by atoms with E-state index in [4.69, 9.17) is 16.6 Å². The third-order valence-corrected chi connectivity index (χ3v) is 6.35. The predicted molar refractivity (Wildman–Crippen MR) is 118 cm³/mol. The van der Waals surface area contributed by atoms with Crippen LogP contribution in [0.2, 0.25) is 5.02 Å². The van der Waals surface area contributed by atoms with E-state index in [1.165, 1.54) is 16.9 Å². The van der Waals surface area contributed by atoms with Crippen molar-refractivity contribution in [2.75, 3.05) is 32.1 Å². The van der Waals surface area contributed by atoms with E-state index in [0.717, 1.165) is 26.8 Å². The van der Waals surface area contributed by atoms with Crippen LogP contribution >= 0.6 is 38.9 Å². The fraction of sp³-hybridized carbons (Fsp3) is 0.300. The van der Waals surface area contributed by atoms with Gasteiger partial charge in [-0.2, -0.15) is 0 Å². The number of anilines is 1. The summed E-state index contributed by atoms with van der Waals surface area (Å²) in [7, 11) is 3.97. The molecular formula is C20H21BrClN3OS. The van der Waals surface area contributed by atoms with Crippen molar-refractivity contribution in [2.24, 2.45) is 0 Å². The molecule has 3 aromatic rings. The molecule has 142 valence electrons. The molecule has 3 rings (SSSR count). The number of hydrogen-bond donors (Lipinski definition) is 0. The first-order valence-electron chi connectivity index (χ1n) is 8.56. The first-order valence-corrected chi connectivity index (χ1v) is 10.5. The minimum absolute atomic E-state index is 0.142. The van der Waals surface area contributed by atoms with E-state index < -0.39 is 0 Å². The maximum Gasteiger partial charge on any atom is 0.261 e. The highest BCUT2D eigenvalue weighted by atomic mass is 79.9. The number of thiazole rings is 1. The first-order chi connectivity index (χ1) is 12.8. The summed E-state index contributed by atoms with van der Waals surface area (Å²) in [5, 5.41) is 1.13. The van der Waals surface area contributed by atoms with Crippen molar-refractivity contribution in [1.82, 2.24) is 9.88 Å². The molecule has 7 heteroatoms. The smallest absolute Gasteiger partial charge is 0.261 e. The van der Waals surface area contributed by atoms with Gasteiger partial charge in [-0.3, -0.25) is 9.69 Å². The van der Waals surface area contributed by atoms with Crippen molar-refractivity contribution in [3.8, 4) is 0 Å². The van der Waals surface area contributed by atoms with E-state index >= 15 is 0 Å². The molecule has 0 unspecified atom stereocenters. The number of aryl methyl sites for hydroxylation is 2. The van der Waals surface area contributed by atoms with Crippen molar-refractivity contribution in [3.05, 3.63) is 56.5 Å². The molecule has 0 aliphatic carbocycles. The number of carbonyl (C=O) groups is 1. The molecule has 0 spiro atoms. The molecular weight excluding hydrogens is 446 g/mol. The van der Waals surface area contributed by atoms with Gasteiger partial charge in [-0.1, -0.05) is 44.9 Å². The second kappa shape index (κ2) is 8.27. The van der Waals surface area contributed by atoms with Gasteiger partial charge in [0.05, 0.1) is 20.8 Å². The zero-order chi connectivity index (χ0) is 19.7. The minimum atomic E-state index is -0.142. The highest BCUT2D eigenvalue weighted by Gasteiger charge is 2.24. The van der Waals surface area contributed by atoms with Gasteiger partial charge in [-0.05, 0) is 63.3 Å². The van der Waals surface area contributed by atoms with Crippen molar-refractivity contribution >= 4 is 60.1 Å². The molecule has 0 saturated carbocycles. The highest BCUT2D eigenvalue weighted by molar-refractivity contribution is 9.10. The van der Waals surface area contributed by atoms with Crippen LogP contribution in [-0.2, 0) is 0 Å². The third kappa shape index (κ3) is 4.35. The summed E-state index contributed by atoms with van der Waals surface area (Å²) in [6.45, 7) is 5.40. The Labute approximate surface area is 176 Å². The lowest BCUT2D eigenvalue weighted by Crippen LogP contribution is -2.36. The van der Waals surface area contributed by atoms with E-state index in [1.54, 1.807) is 17.0 Å². The summed E-state index contributed by atoms with van der Waals surface area (Å²) >= 11 is 11.3. The Morgan fingerprint density at radius 3 is 2.63 bits per heavy atom. The molecule has 0 atom stereocenters. The number of halogens is 2. The van der Waals surface area contributed by atoms with Crippen LogP contribution in [0.1, 0.15) is 21.5 Å². The standard InChI is InChI=1S/C20H21BrClN3OS/c1-12-5-8-17-18(13(12)2)23-20(27-17)25(10-9-24(3)4)19(26)15-11-14(21)6-7-16(15)22/h5-8,11H,9-10H2,1-4H3. The number of benzene rings is 2. The van der Waals surface area contributed by atoms with Gasteiger partial charge in [0.15, 0.2) is 5.13 Å². The molecule has 0 aliphatic heterocycles. The molecule has 2 aromatic carbocycles. The quantitative estimate of drug-likeness (QED) is 0.495. The Hall–Kier alpha value is -1.47. The molecule has 0 bridgehead atoms. The molecule has 1 heterocycles. The average Bonchev–Trinajstić information content (AvgIpc) is 3.04. The summed E-state index contributed by atoms with van der Waals surface area (Å²) in [5.41, 5.74) is 3.77. The van der Waals surface area contributed by atoms with Crippen LogP contribution in [0.4, 0.5) is 5.13 Å². The van der Waals surface area contributed by atoms with Crippen LogP contribution in [0.3, 0.4) is 0 Å².